The van der Waals surface area contributed by atoms with Crippen LogP contribution in [0.3, 0.4) is 0 Å². The molecule has 5 atom stereocenters. The standard InChI is InChI=1S/C10H16F2N2O3/c1-2-13-10-14-6-5(17-10)3-4(9(11)12)7(15)8(6)16/h4-9,15-16H,2-3H2,1H3,(H,13,14). The monoisotopic (exact) mass is 250 g/mol. The van der Waals surface area contributed by atoms with Crippen LogP contribution in [0.5, 0.6) is 0 Å². The highest BCUT2D eigenvalue weighted by Gasteiger charge is 2.51. The van der Waals surface area contributed by atoms with Gasteiger partial charge >= 0.3 is 0 Å². The average Bonchev–Trinajstić information content (AvgIpc) is 2.66. The molecule has 2 aliphatic rings. The van der Waals surface area contributed by atoms with Gasteiger partial charge in [-0.2, -0.15) is 0 Å². The molecule has 5 unspecified atom stereocenters. The van der Waals surface area contributed by atoms with E-state index >= 15 is 0 Å². The topological polar surface area (TPSA) is 74.1 Å². The molecule has 0 amide bonds. The van der Waals surface area contributed by atoms with Crippen molar-refractivity contribution in [1.82, 2.24) is 5.32 Å². The first-order chi connectivity index (χ1) is 8.04. The van der Waals surface area contributed by atoms with E-state index in [0.717, 1.165) is 0 Å². The highest BCUT2D eigenvalue weighted by molar-refractivity contribution is 5.76. The van der Waals surface area contributed by atoms with Crippen LogP contribution in [-0.2, 0) is 4.74 Å². The SMILES string of the molecule is CCN=C1NC2C(CC(C(F)F)C(O)C2O)O1. The van der Waals surface area contributed by atoms with Crippen molar-refractivity contribution < 1.29 is 23.7 Å². The van der Waals surface area contributed by atoms with Crippen molar-refractivity contribution in [2.24, 2.45) is 10.9 Å². The van der Waals surface area contributed by atoms with Gasteiger partial charge in [0.15, 0.2) is 0 Å². The number of nitrogens with zero attached hydrogens (tertiary/aromatic N) is 1. The number of hydrogen-bond acceptors (Lipinski definition) is 4. The Balaban J connectivity index is 2.12. The van der Waals surface area contributed by atoms with Gasteiger partial charge in [0.2, 0.25) is 6.43 Å². The Morgan fingerprint density at radius 1 is 1.47 bits per heavy atom. The lowest BCUT2D eigenvalue weighted by molar-refractivity contribution is -0.123. The minimum Gasteiger partial charge on any atom is -0.460 e. The number of alkyl halides is 2. The maximum Gasteiger partial charge on any atom is 0.285 e. The number of aliphatic hydroxyl groups is 2. The Morgan fingerprint density at radius 2 is 2.18 bits per heavy atom. The average molecular weight is 250 g/mol. The summed E-state index contributed by atoms with van der Waals surface area (Å²) in [5.74, 6) is -1.26. The third-order valence-electron chi connectivity index (χ3n) is 3.24. The number of fused-ring (bicyclic) bond motifs is 1. The molecule has 1 aliphatic heterocycles. The summed E-state index contributed by atoms with van der Waals surface area (Å²) in [6.45, 7) is 2.31. The van der Waals surface area contributed by atoms with Gasteiger partial charge in [-0.25, -0.2) is 13.8 Å². The maximum atomic E-state index is 12.7. The van der Waals surface area contributed by atoms with Gasteiger partial charge in [0.05, 0.1) is 18.1 Å². The van der Waals surface area contributed by atoms with Crippen molar-refractivity contribution in [2.75, 3.05) is 6.54 Å². The predicted molar refractivity (Wildman–Crippen MR) is 55.9 cm³/mol. The van der Waals surface area contributed by atoms with Crippen LogP contribution in [0.2, 0.25) is 0 Å². The van der Waals surface area contributed by atoms with Gasteiger partial charge < -0.3 is 20.3 Å². The van der Waals surface area contributed by atoms with Gasteiger partial charge in [-0.3, -0.25) is 0 Å². The minimum atomic E-state index is -2.67. The van der Waals surface area contributed by atoms with Crippen LogP contribution in [0.4, 0.5) is 8.78 Å². The molecule has 2 rings (SSSR count). The van der Waals surface area contributed by atoms with Crippen molar-refractivity contribution in [3.05, 3.63) is 0 Å². The number of nitrogens with one attached hydrogen (secondary N) is 1. The molecule has 1 saturated heterocycles. The molecular formula is C10H16F2N2O3. The number of ether oxygens (including phenoxy) is 1. The van der Waals surface area contributed by atoms with Gasteiger partial charge in [0.25, 0.3) is 6.02 Å². The third-order valence-corrected chi connectivity index (χ3v) is 3.24. The molecule has 0 aromatic heterocycles. The molecule has 1 aliphatic carbocycles. The lowest BCUT2D eigenvalue weighted by Crippen LogP contribution is -2.57. The zero-order valence-electron chi connectivity index (χ0n) is 9.38. The second-order valence-electron chi connectivity index (χ2n) is 4.32. The predicted octanol–water partition coefficient (Wildman–Crippen LogP) is -0.274. The molecule has 0 radical (unpaired) electrons. The van der Waals surface area contributed by atoms with Crippen LogP contribution in [0.1, 0.15) is 13.3 Å². The minimum absolute atomic E-state index is 0.0102. The molecule has 17 heavy (non-hydrogen) atoms. The molecule has 98 valence electrons. The van der Waals surface area contributed by atoms with Crippen LogP contribution in [0.15, 0.2) is 4.99 Å². The Kier molecular flexibility index (Phi) is 3.48. The van der Waals surface area contributed by atoms with E-state index in [0.29, 0.717) is 6.54 Å². The molecule has 1 saturated carbocycles. The van der Waals surface area contributed by atoms with Gasteiger partial charge in [-0.15, -0.1) is 0 Å². The fraction of sp³-hybridized carbons (Fsp3) is 0.900. The van der Waals surface area contributed by atoms with Crippen LogP contribution >= 0.6 is 0 Å². The maximum absolute atomic E-state index is 12.7. The summed E-state index contributed by atoms with van der Waals surface area (Å²) in [5.41, 5.74) is 0. The molecule has 0 bridgehead atoms. The summed E-state index contributed by atoms with van der Waals surface area (Å²) < 4.78 is 30.7. The number of aliphatic hydroxyl groups excluding tert-OH is 2. The first-order valence-electron chi connectivity index (χ1n) is 5.66. The van der Waals surface area contributed by atoms with Crippen molar-refractivity contribution in [1.29, 1.82) is 0 Å². The highest BCUT2D eigenvalue weighted by atomic mass is 19.3. The highest BCUT2D eigenvalue weighted by Crippen LogP contribution is 2.34. The van der Waals surface area contributed by atoms with Crippen molar-refractivity contribution in [3.63, 3.8) is 0 Å². The Morgan fingerprint density at radius 3 is 2.76 bits per heavy atom. The number of halogens is 2. The fourth-order valence-corrected chi connectivity index (χ4v) is 2.34. The molecule has 0 aromatic carbocycles. The molecule has 2 fully saturated rings. The molecule has 0 aromatic rings. The number of rotatable bonds is 2. The molecule has 3 N–H and O–H groups in total. The third kappa shape index (κ3) is 2.21. The Bertz CT molecular complexity index is 314. The summed E-state index contributed by atoms with van der Waals surface area (Å²) in [6, 6.07) is -0.311. The zero-order chi connectivity index (χ0) is 12.6. The summed E-state index contributed by atoms with van der Waals surface area (Å²) >= 11 is 0. The lowest BCUT2D eigenvalue weighted by atomic mass is 9.80. The van der Waals surface area contributed by atoms with E-state index in [-0.39, 0.29) is 12.4 Å². The van der Waals surface area contributed by atoms with Crippen molar-refractivity contribution in [3.8, 4) is 0 Å². The van der Waals surface area contributed by atoms with Gasteiger partial charge in [-0.05, 0) is 13.3 Å². The smallest absolute Gasteiger partial charge is 0.285 e. The van der Waals surface area contributed by atoms with E-state index < -0.39 is 36.7 Å². The van der Waals surface area contributed by atoms with Gasteiger partial charge in [0, 0.05) is 6.54 Å². The number of hydrogen-bond donors (Lipinski definition) is 3. The van der Waals surface area contributed by atoms with E-state index in [1.165, 1.54) is 0 Å². The van der Waals surface area contributed by atoms with Crippen molar-refractivity contribution in [2.45, 2.75) is 44.1 Å². The van der Waals surface area contributed by atoms with Crippen LogP contribution < -0.4 is 5.32 Å². The Labute approximate surface area is 97.5 Å². The van der Waals surface area contributed by atoms with Crippen molar-refractivity contribution >= 4 is 6.02 Å². The van der Waals surface area contributed by atoms with E-state index in [1.54, 1.807) is 0 Å². The zero-order valence-corrected chi connectivity index (χ0v) is 9.38. The molecule has 1 heterocycles. The van der Waals surface area contributed by atoms with Gasteiger partial charge in [0.1, 0.15) is 12.2 Å². The molecule has 5 nitrogen and oxygen atoms in total. The summed E-state index contributed by atoms with van der Waals surface area (Å²) in [5, 5.41) is 22.2. The summed E-state index contributed by atoms with van der Waals surface area (Å²) in [7, 11) is 0. The number of amidine groups is 1. The first-order valence-corrected chi connectivity index (χ1v) is 5.66. The number of aliphatic imine (C=N–C) groups is 1. The van der Waals surface area contributed by atoms with E-state index in [1.807, 2.05) is 6.92 Å². The summed E-state index contributed by atoms with van der Waals surface area (Å²) in [4.78, 5) is 3.98. The van der Waals surface area contributed by atoms with Crippen LogP contribution in [0.25, 0.3) is 0 Å². The lowest BCUT2D eigenvalue weighted by Gasteiger charge is -2.37. The quantitative estimate of drug-likeness (QED) is 0.630. The molecule has 0 spiro atoms. The second-order valence-corrected chi connectivity index (χ2v) is 4.32. The van der Waals surface area contributed by atoms with E-state index in [2.05, 4.69) is 10.3 Å². The normalized spacial score (nSPS) is 43.4. The second kappa shape index (κ2) is 4.73. The summed E-state index contributed by atoms with van der Waals surface area (Å²) in [6.07, 6.45) is -5.92. The van der Waals surface area contributed by atoms with E-state index in [9.17, 15) is 19.0 Å². The molecule has 7 heteroatoms. The Hall–Kier alpha value is -0.950. The van der Waals surface area contributed by atoms with Crippen LogP contribution in [0, 0.1) is 5.92 Å². The van der Waals surface area contributed by atoms with E-state index in [4.69, 9.17) is 4.74 Å². The molecular weight excluding hydrogens is 234 g/mol. The van der Waals surface area contributed by atoms with Crippen LogP contribution in [-0.4, -0.2) is 53.6 Å². The fourth-order valence-electron chi connectivity index (χ4n) is 2.34. The first kappa shape index (κ1) is 12.5. The van der Waals surface area contributed by atoms with Gasteiger partial charge in [-0.1, -0.05) is 0 Å². The largest absolute Gasteiger partial charge is 0.460 e.